The lowest BCUT2D eigenvalue weighted by atomic mass is 10.1. The number of halogens is 1. The third-order valence-electron chi connectivity index (χ3n) is 2.83. The average Bonchev–Trinajstić information content (AvgIpc) is 2.79. The Hall–Kier alpha value is -1.34. The Labute approximate surface area is 125 Å². The fourth-order valence-corrected chi connectivity index (χ4v) is 2.54. The van der Waals surface area contributed by atoms with E-state index in [-0.39, 0.29) is 5.69 Å². The fraction of sp³-hybridized carbons (Fsp3) is 0.214. The fourth-order valence-electron chi connectivity index (χ4n) is 1.96. The molecule has 1 aromatic heterocycles. The van der Waals surface area contributed by atoms with E-state index < -0.39 is 5.97 Å². The van der Waals surface area contributed by atoms with Gasteiger partial charge in [0.15, 0.2) is 0 Å². The summed E-state index contributed by atoms with van der Waals surface area (Å²) >= 11 is 2.12. The largest absolute Gasteiger partial charge is 0.477 e. The van der Waals surface area contributed by atoms with Crippen LogP contribution in [-0.2, 0) is 11.2 Å². The first kappa shape index (κ1) is 14.1. The van der Waals surface area contributed by atoms with Crippen molar-refractivity contribution in [3.05, 3.63) is 51.4 Å². The molecule has 0 aliphatic heterocycles. The highest BCUT2D eigenvalue weighted by Crippen LogP contribution is 2.21. The van der Waals surface area contributed by atoms with Crippen molar-refractivity contribution in [1.29, 1.82) is 0 Å². The standard InChI is InChI=1S/C14H14INO3/c1-19-7-6-10-4-2-3-5-12(10)16-9-11(15)8-13(16)14(17)18/h2-5,8-9H,6-7H2,1H3,(H,17,18). The molecule has 0 saturated carbocycles. The molecule has 1 heterocycles. The first-order valence-corrected chi connectivity index (χ1v) is 6.89. The Morgan fingerprint density at radius 3 is 2.84 bits per heavy atom. The third kappa shape index (κ3) is 3.16. The second kappa shape index (κ2) is 6.21. The second-order valence-electron chi connectivity index (χ2n) is 4.09. The predicted molar refractivity (Wildman–Crippen MR) is 81.0 cm³/mol. The van der Waals surface area contributed by atoms with Gasteiger partial charge in [0.1, 0.15) is 5.69 Å². The van der Waals surface area contributed by atoms with E-state index in [0.29, 0.717) is 6.61 Å². The van der Waals surface area contributed by atoms with Gasteiger partial charge in [-0.2, -0.15) is 0 Å². The Balaban J connectivity index is 2.49. The molecule has 0 aliphatic rings. The number of methoxy groups -OCH3 is 1. The van der Waals surface area contributed by atoms with Gasteiger partial charge in [0.25, 0.3) is 0 Å². The highest BCUT2D eigenvalue weighted by Gasteiger charge is 2.14. The van der Waals surface area contributed by atoms with E-state index in [0.717, 1.165) is 21.2 Å². The summed E-state index contributed by atoms with van der Waals surface area (Å²) in [5.74, 6) is -0.926. The van der Waals surface area contributed by atoms with Crippen LogP contribution in [0.15, 0.2) is 36.5 Å². The van der Waals surface area contributed by atoms with Crippen molar-refractivity contribution >= 4 is 28.6 Å². The number of benzene rings is 1. The summed E-state index contributed by atoms with van der Waals surface area (Å²) in [5, 5.41) is 9.26. The van der Waals surface area contributed by atoms with E-state index in [1.54, 1.807) is 17.7 Å². The van der Waals surface area contributed by atoms with E-state index in [4.69, 9.17) is 4.74 Å². The Bertz CT molecular complexity index is 592. The normalized spacial score (nSPS) is 10.6. The zero-order chi connectivity index (χ0) is 13.8. The van der Waals surface area contributed by atoms with E-state index in [9.17, 15) is 9.90 Å². The smallest absolute Gasteiger partial charge is 0.352 e. The molecular weight excluding hydrogens is 357 g/mol. The van der Waals surface area contributed by atoms with Gasteiger partial charge in [-0.15, -0.1) is 0 Å². The van der Waals surface area contributed by atoms with Crippen molar-refractivity contribution in [2.45, 2.75) is 6.42 Å². The van der Waals surface area contributed by atoms with Gasteiger partial charge in [-0.3, -0.25) is 0 Å². The first-order chi connectivity index (χ1) is 9.13. The number of carbonyl (C=O) groups is 1. The molecule has 0 bridgehead atoms. The molecule has 1 N–H and O–H groups in total. The van der Waals surface area contributed by atoms with Crippen LogP contribution in [0, 0.1) is 3.57 Å². The molecule has 0 saturated heterocycles. The predicted octanol–water partition coefficient (Wildman–Crippen LogP) is 2.97. The van der Waals surface area contributed by atoms with Gasteiger partial charge >= 0.3 is 5.97 Å². The topological polar surface area (TPSA) is 51.5 Å². The van der Waals surface area contributed by atoms with E-state index in [1.807, 2.05) is 30.5 Å². The Morgan fingerprint density at radius 1 is 1.42 bits per heavy atom. The number of hydrogen-bond donors (Lipinski definition) is 1. The summed E-state index contributed by atoms with van der Waals surface area (Å²) in [6, 6.07) is 9.43. The van der Waals surface area contributed by atoms with Crippen molar-refractivity contribution in [2.75, 3.05) is 13.7 Å². The van der Waals surface area contributed by atoms with Crippen LogP contribution in [0.25, 0.3) is 5.69 Å². The van der Waals surface area contributed by atoms with Crippen molar-refractivity contribution in [1.82, 2.24) is 4.57 Å². The highest BCUT2D eigenvalue weighted by molar-refractivity contribution is 14.1. The summed E-state index contributed by atoms with van der Waals surface area (Å²) < 4.78 is 7.71. The minimum absolute atomic E-state index is 0.272. The van der Waals surface area contributed by atoms with Crippen LogP contribution in [0.4, 0.5) is 0 Å². The summed E-state index contributed by atoms with van der Waals surface area (Å²) in [7, 11) is 1.66. The lowest BCUT2D eigenvalue weighted by molar-refractivity contribution is 0.0688. The summed E-state index contributed by atoms with van der Waals surface area (Å²) in [6.45, 7) is 0.609. The van der Waals surface area contributed by atoms with Crippen molar-refractivity contribution < 1.29 is 14.6 Å². The van der Waals surface area contributed by atoms with Gasteiger partial charge in [0.2, 0.25) is 0 Å². The zero-order valence-electron chi connectivity index (χ0n) is 10.5. The molecule has 1 aromatic carbocycles. The van der Waals surface area contributed by atoms with Crippen LogP contribution in [0.3, 0.4) is 0 Å². The molecule has 100 valence electrons. The molecule has 19 heavy (non-hydrogen) atoms. The number of carboxylic acid groups (broad SMARTS) is 1. The van der Waals surface area contributed by atoms with Gasteiger partial charge in [-0.25, -0.2) is 4.79 Å². The zero-order valence-corrected chi connectivity index (χ0v) is 12.6. The SMILES string of the molecule is COCCc1ccccc1-n1cc(I)cc1C(=O)O. The minimum Gasteiger partial charge on any atom is -0.477 e. The number of hydrogen-bond acceptors (Lipinski definition) is 2. The molecular formula is C14H14INO3. The van der Waals surface area contributed by atoms with Gasteiger partial charge in [0.05, 0.1) is 6.61 Å². The van der Waals surface area contributed by atoms with E-state index in [1.165, 1.54) is 0 Å². The minimum atomic E-state index is -0.926. The lowest BCUT2D eigenvalue weighted by Gasteiger charge is -2.12. The van der Waals surface area contributed by atoms with E-state index in [2.05, 4.69) is 22.6 Å². The van der Waals surface area contributed by atoms with Gasteiger partial charge < -0.3 is 14.4 Å². The van der Waals surface area contributed by atoms with Crippen molar-refractivity contribution in [2.24, 2.45) is 0 Å². The van der Waals surface area contributed by atoms with Gasteiger partial charge in [-0.05, 0) is 46.7 Å². The molecule has 0 radical (unpaired) electrons. The number of aromatic carboxylic acids is 1. The Kier molecular flexibility index (Phi) is 4.60. The lowest BCUT2D eigenvalue weighted by Crippen LogP contribution is -2.08. The molecule has 0 spiro atoms. The molecule has 4 nitrogen and oxygen atoms in total. The molecule has 0 fully saturated rings. The summed E-state index contributed by atoms with van der Waals surface area (Å²) in [5.41, 5.74) is 2.23. The molecule has 0 aliphatic carbocycles. The number of rotatable bonds is 5. The molecule has 0 unspecified atom stereocenters. The quantitative estimate of drug-likeness (QED) is 0.823. The average molecular weight is 371 g/mol. The van der Waals surface area contributed by atoms with Crippen LogP contribution in [0.2, 0.25) is 0 Å². The maximum Gasteiger partial charge on any atom is 0.352 e. The molecule has 2 rings (SSSR count). The van der Waals surface area contributed by atoms with Crippen molar-refractivity contribution in [3.63, 3.8) is 0 Å². The van der Waals surface area contributed by atoms with Crippen LogP contribution >= 0.6 is 22.6 Å². The van der Waals surface area contributed by atoms with Crippen LogP contribution in [-0.4, -0.2) is 29.4 Å². The molecule has 2 aromatic rings. The summed E-state index contributed by atoms with van der Waals surface area (Å²) in [6.07, 6.45) is 2.58. The number of aromatic nitrogens is 1. The number of para-hydroxylation sites is 1. The van der Waals surface area contributed by atoms with Gasteiger partial charge in [0, 0.05) is 22.6 Å². The van der Waals surface area contributed by atoms with Crippen LogP contribution in [0.5, 0.6) is 0 Å². The first-order valence-electron chi connectivity index (χ1n) is 5.82. The molecule has 0 amide bonds. The molecule has 0 atom stereocenters. The van der Waals surface area contributed by atoms with Crippen molar-refractivity contribution in [3.8, 4) is 5.69 Å². The number of carboxylic acids is 1. The molecule has 5 heteroatoms. The second-order valence-corrected chi connectivity index (χ2v) is 5.34. The van der Waals surface area contributed by atoms with Gasteiger partial charge in [-0.1, -0.05) is 18.2 Å². The third-order valence-corrected chi connectivity index (χ3v) is 3.42. The monoisotopic (exact) mass is 371 g/mol. The van der Waals surface area contributed by atoms with Crippen LogP contribution < -0.4 is 0 Å². The Morgan fingerprint density at radius 2 is 2.16 bits per heavy atom. The number of ether oxygens (including phenoxy) is 1. The summed E-state index contributed by atoms with van der Waals surface area (Å²) in [4.78, 5) is 11.3. The maximum absolute atomic E-state index is 11.3. The van der Waals surface area contributed by atoms with Crippen LogP contribution in [0.1, 0.15) is 16.1 Å². The number of nitrogens with zero attached hydrogens (tertiary/aromatic N) is 1. The highest BCUT2D eigenvalue weighted by atomic mass is 127. The maximum atomic E-state index is 11.3. The van der Waals surface area contributed by atoms with E-state index >= 15 is 0 Å².